The van der Waals surface area contributed by atoms with Gasteiger partial charge in [0.1, 0.15) is 11.3 Å². The fourth-order valence-electron chi connectivity index (χ4n) is 2.32. The molecule has 0 aliphatic heterocycles. The summed E-state index contributed by atoms with van der Waals surface area (Å²) < 4.78 is 16.0. The van der Waals surface area contributed by atoms with Crippen LogP contribution in [0.2, 0.25) is 0 Å². The summed E-state index contributed by atoms with van der Waals surface area (Å²) in [6.45, 7) is 0. The number of ether oxygens (including phenoxy) is 3. The zero-order chi connectivity index (χ0) is 18.4. The smallest absolute Gasteiger partial charge is 0.347 e. The van der Waals surface area contributed by atoms with Gasteiger partial charge in [-0.25, -0.2) is 9.59 Å². The number of para-hydroxylation sites is 2. The summed E-state index contributed by atoms with van der Waals surface area (Å²) in [5, 5.41) is 0. The van der Waals surface area contributed by atoms with Crippen molar-refractivity contribution in [3.05, 3.63) is 90.0 Å². The van der Waals surface area contributed by atoms with Crippen molar-refractivity contribution in [1.82, 2.24) is 0 Å². The lowest BCUT2D eigenvalue weighted by Gasteiger charge is -2.13. The zero-order valence-electron chi connectivity index (χ0n) is 14.0. The summed E-state index contributed by atoms with van der Waals surface area (Å²) in [5.41, 5.74) is 0.457. The topological polar surface area (TPSA) is 61.8 Å². The van der Waals surface area contributed by atoms with E-state index in [1.807, 2.05) is 6.07 Å². The van der Waals surface area contributed by atoms with Crippen LogP contribution in [0.1, 0.15) is 20.7 Å². The van der Waals surface area contributed by atoms with Gasteiger partial charge in [0.05, 0.1) is 12.7 Å². The van der Waals surface area contributed by atoms with Crippen LogP contribution in [0.4, 0.5) is 0 Å². The van der Waals surface area contributed by atoms with Crippen molar-refractivity contribution in [2.75, 3.05) is 7.11 Å². The van der Waals surface area contributed by atoms with E-state index in [9.17, 15) is 9.59 Å². The van der Waals surface area contributed by atoms with E-state index in [-0.39, 0.29) is 17.1 Å². The van der Waals surface area contributed by atoms with Crippen LogP contribution in [0.25, 0.3) is 0 Å². The molecule has 0 N–H and O–H groups in total. The van der Waals surface area contributed by atoms with Crippen molar-refractivity contribution in [3.8, 4) is 17.2 Å². The molecule has 0 heterocycles. The van der Waals surface area contributed by atoms with E-state index in [0.717, 1.165) is 0 Å². The van der Waals surface area contributed by atoms with E-state index in [1.54, 1.807) is 66.7 Å². The second-order valence-electron chi connectivity index (χ2n) is 5.30. The standard InChI is InChI=1S/C21H16O5/c1-24-18-14-8-13-17(21(23)25-16-11-6-3-7-12-16)19(18)26-20(22)15-9-4-2-5-10-15/h2-14H,1H3. The summed E-state index contributed by atoms with van der Waals surface area (Å²) >= 11 is 0. The highest BCUT2D eigenvalue weighted by Gasteiger charge is 2.22. The third-order valence-electron chi connectivity index (χ3n) is 3.58. The quantitative estimate of drug-likeness (QED) is 0.512. The first kappa shape index (κ1) is 17.2. The summed E-state index contributed by atoms with van der Waals surface area (Å²) in [5.74, 6) is -0.572. The summed E-state index contributed by atoms with van der Waals surface area (Å²) in [4.78, 5) is 24.9. The SMILES string of the molecule is COc1cccc(C(=O)Oc2ccccc2)c1OC(=O)c1ccccc1. The Labute approximate surface area is 150 Å². The highest BCUT2D eigenvalue weighted by molar-refractivity contribution is 5.98. The van der Waals surface area contributed by atoms with Gasteiger partial charge in [0, 0.05) is 0 Å². The first-order valence-corrected chi connectivity index (χ1v) is 7.90. The van der Waals surface area contributed by atoms with Gasteiger partial charge < -0.3 is 14.2 Å². The second-order valence-corrected chi connectivity index (χ2v) is 5.30. The van der Waals surface area contributed by atoms with Crippen LogP contribution >= 0.6 is 0 Å². The third kappa shape index (κ3) is 3.89. The molecule has 5 heteroatoms. The van der Waals surface area contributed by atoms with Crippen LogP contribution in [0, 0.1) is 0 Å². The van der Waals surface area contributed by atoms with Gasteiger partial charge >= 0.3 is 11.9 Å². The van der Waals surface area contributed by atoms with Gasteiger partial charge in [0.2, 0.25) is 0 Å². The molecule has 0 spiro atoms. The van der Waals surface area contributed by atoms with Gasteiger partial charge in [-0.1, -0.05) is 42.5 Å². The fraction of sp³-hybridized carbons (Fsp3) is 0.0476. The number of carbonyl (C=O) groups is 2. The number of benzene rings is 3. The molecule has 3 rings (SSSR count). The van der Waals surface area contributed by atoms with Crippen molar-refractivity contribution in [2.24, 2.45) is 0 Å². The Hall–Kier alpha value is -3.60. The Morgan fingerprint density at radius 1 is 0.692 bits per heavy atom. The molecule has 0 saturated heterocycles. The van der Waals surface area contributed by atoms with E-state index in [0.29, 0.717) is 11.3 Å². The van der Waals surface area contributed by atoms with Crippen molar-refractivity contribution >= 4 is 11.9 Å². The van der Waals surface area contributed by atoms with Gasteiger partial charge in [-0.2, -0.15) is 0 Å². The normalized spacial score (nSPS) is 10.0. The Morgan fingerprint density at radius 2 is 1.35 bits per heavy atom. The first-order valence-electron chi connectivity index (χ1n) is 7.90. The number of hydrogen-bond acceptors (Lipinski definition) is 5. The Balaban J connectivity index is 1.91. The summed E-state index contributed by atoms with van der Waals surface area (Å²) in [6, 6.07) is 21.9. The highest BCUT2D eigenvalue weighted by atomic mass is 16.6. The summed E-state index contributed by atoms with van der Waals surface area (Å²) in [7, 11) is 1.43. The van der Waals surface area contributed by atoms with Gasteiger partial charge in [-0.15, -0.1) is 0 Å². The summed E-state index contributed by atoms with van der Waals surface area (Å²) in [6.07, 6.45) is 0. The molecule has 0 atom stereocenters. The predicted octanol–water partition coefficient (Wildman–Crippen LogP) is 4.13. The van der Waals surface area contributed by atoms with Gasteiger partial charge in [0.25, 0.3) is 0 Å². The van der Waals surface area contributed by atoms with E-state index < -0.39 is 11.9 Å². The number of methoxy groups -OCH3 is 1. The maximum atomic E-state index is 12.6. The minimum Gasteiger partial charge on any atom is -0.493 e. The van der Waals surface area contributed by atoms with E-state index in [4.69, 9.17) is 14.2 Å². The zero-order valence-corrected chi connectivity index (χ0v) is 14.0. The molecule has 26 heavy (non-hydrogen) atoms. The third-order valence-corrected chi connectivity index (χ3v) is 3.58. The van der Waals surface area contributed by atoms with Crippen molar-refractivity contribution < 1.29 is 23.8 Å². The lowest BCUT2D eigenvalue weighted by molar-refractivity contribution is 0.0702. The number of esters is 2. The van der Waals surface area contributed by atoms with Crippen LogP contribution < -0.4 is 14.2 Å². The molecule has 0 aliphatic carbocycles. The van der Waals surface area contributed by atoms with Crippen LogP contribution in [-0.4, -0.2) is 19.0 Å². The molecule has 3 aromatic rings. The van der Waals surface area contributed by atoms with Gasteiger partial charge in [-0.3, -0.25) is 0 Å². The van der Waals surface area contributed by atoms with Crippen LogP contribution in [-0.2, 0) is 0 Å². The molecule has 130 valence electrons. The molecule has 0 bridgehead atoms. The number of rotatable bonds is 5. The van der Waals surface area contributed by atoms with E-state index in [2.05, 4.69) is 0 Å². The largest absolute Gasteiger partial charge is 0.493 e. The lowest BCUT2D eigenvalue weighted by Crippen LogP contribution is -2.15. The molecule has 0 unspecified atom stereocenters. The molecule has 0 amide bonds. The minimum absolute atomic E-state index is 0.0183. The predicted molar refractivity (Wildman–Crippen MR) is 95.8 cm³/mol. The molecule has 3 aromatic carbocycles. The molecule has 0 fully saturated rings. The van der Waals surface area contributed by atoms with Gasteiger partial charge in [-0.05, 0) is 36.4 Å². The maximum absolute atomic E-state index is 12.6. The molecular weight excluding hydrogens is 332 g/mol. The van der Waals surface area contributed by atoms with Crippen LogP contribution in [0.5, 0.6) is 17.2 Å². The Bertz CT molecular complexity index is 904. The number of hydrogen-bond donors (Lipinski definition) is 0. The highest BCUT2D eigenvalue weighted by Crippen LogP contribution is 2.32. The molecular formula is C21H16O5. The molecule has 0 radical (unpaired) electrons. The Morgan fingerprint density at radius 3 is 2.00 bits per heavy atom. The first-order chi connectivity index (χ1) is 12.7. The Kier molecular flexibility index (Phi) is 5.29. The molecule has 5 nitrogen and oxygen atoms in total. The van der Waals surface area contributed by atoms with Crippen molar-refractivity contribution in [3.63, 3.8) is 0 Å². The monoisotopic (exact) mass is 348 g/mol. The number of carbonyl (C=O) groups excluding carboxylic acids is 2. The minimum atomic E-state index is -0.647. The van der Waals surface area contributed by atoms with E-state index >= 15 is 0 Å². The second kappa shape index (κ2) is 7.98. The van der Waals surface area contributed by atoms with Crippen LogP contribution in [0.3, 0.4) is 0 Å². The van der Waals surface area contributed by atoms with Crippen molar-refractivity contribution in [2.45, 2.75) is 0 Å². The molecule has 0 saturated carbocycles. The molecule has 0 aliphatic rings. The van der Waals surface area contributed by atoms with Crippen LogP contribution in [0.15, 0.2) is 78.9 Å². The fourth-order valence-corrected chi connectivity index (χ4v) is 2.32. The average Bonchev–Trinajstić information content (AvgIpc) is 2.69. The molecule has 0 aromatic heterocycles. The van der Waals surface area contributed by atoms with Gasteiger partial charge in [0.15, 0.2) is 11.5 Å². The van der Waals surface area contributed by atoms with E-state index in [1.165, 1.54) is 13.2 Å². The lowest BCUT2D eigenvalue weighted by atomic mass is 10.1. The maximum Gasteiger partial charge on any atom is 0.347 e. The van der Waals surface area contributed by atoms with Crippen molar-refractivity contribution in [1.29, 1.82) is 0 Å². The average molecular weight is 348 g/mol.